The number of aryl methyl sites for hydroxylation is 1. The van der Waals surface area contributed by atoms with E-state index in [0.717, 1.165) is 23.7 Å². The van der Waals surface area contributed by atoms with E-state index >= 15 is 0 Å². The quantitative estimate of drug-likeness (QED) is 0.774. The summed E-state index contributed by atoms with van der Waals surface area (Å²) in [6, 6.07) is 6.28. The van der Waals surface area contributed by atoms with Gasteiger partial charge in [0.2, 0.25) is 5.91 Å². The van der Waals surface area contributed by atoms with Crippen molar-refractivity contribution in [3.63, 3.8) is 0 Å². The topological polar surface area (TPSA) is 114 Å². The zero-order valence-corrected chi connectivity index (χ0v) is 14.0. The van der Waals surface area contributed by atoms with Crippen LogP contribution in [0.15, 0.2) is 29.1 Å². The molecule has 3 heterocycles. The number of carbonyl (C=O) groups is 3. The van der Waals surface area contributed by atoms with E-state index in [4.69, 9.17) is 5.73 Å². The van der Waals surface area contributed by atoms with Crippen LogP contribution >= 0.6 is 0 Å². The maximum absolute atomic E-state index is 12.5. The summed E-state index contributed by atoms with van der Waals surface area (Å²) in [6.45, 7) is 2.51. The number of hydrogen-bond acceptors (Lipinski definition) is 5. The fraction of sp³-hybridized carbons (Fsp3) is 0.222. The molecule has 2 aliphatic heterocycles. The number of rotatable bonds is 2. The van der Waals surface area contributed by atoms with Gasteiger partial charge in [0.15, 0.2) is 0 Å². The van der Waals surface area contributed by atoms with Crippen LogP contribution in [0.5, 0.6) is 0 Å². The van der Waals surface area contributed by atoms with Crippen molar-refractivity contribution in [3.05, 3.63) is 51.3 Å². The third-order valence-corrected chi connectivity index (χ3v) is 4.76. The maximum atomic E-state index is 12.5. The predicted molar refractivity (Wildman–Crippen MR) is 94.6 cm³/mol. The molecule has 0 bridgehead atoms. The Morgan fingerprint density at radius 3 is 2.50 bits per heavy atom. The monoisotopic (exact) mass is 352 g/mol. The minimum atomic E-state index is -0.625. The molecule has 8 heteroatoms. The fourth-order valence-corrected chi connectivity index (χ4v) is 3.53. The van der Waals surface area contributed by atoms with E-state index < -0.39 is 17.4 Å². The molecule has 2 aliphatic rings. The van der Waals surface area contributed by atoms with Gasteiger partial charge in [0.25, 0.3) is 17.4 Å². The minimum absolute atomic E-state index is 0.00560. The van der Waals surface area contributed by atoms with Crippen molar-refractivity contribution in [2.45, 2.75) is 19.8 Å². The first kappa shape index (κ1) is 16.1. The lowest BCUT2D eigenvalue weighted by Crippen LogP contribution is -2.26. The van der Waals surface area contributed by atoms with Gasteiger partial charge >= 0.3 is 0 Å². The van der Waals surface area contributed by atoms with E-state index in [9.17, 15) is 19.2 Å². The highest BCUT2D eigenvalue weighted by Gasteiger charge is 2.32. The molecular weight excluding hydrogens is 336 g/mol. The number of nitrogens with one attached hydrogen (secondary N) is 1. The summed E-state index contributed by atoms with van der Waals surface area (Å²) in [4.78, 5) is 49.8. The molecule has 3 N–H and O–H groups in total. The third-order valence-electron chi connectivity index (χ3n) is 4.76. The molecule has 8 nitrogen and oxygen atoms in total. The van der Waals surface area contributed by atoms with Crippen LogP contribution in [0.3, 0.4) is 0 Å². The number of fused-ring (bicyclic) bond motifs is 1. The normalized spacial score (nSPS) is 16.2. The SMILES string of the molecule is Cc1cc(-n2c(N)c3c(cc2=O)C(=O)NC3=O)ccc1N1CCCC1=O. The number of carbonyl (C=O) groups excluding carboxylic acids is 3. The lowest BCUT2D eigenvalue weighted by atomic mass is 10.1. The number of nitrogens with two attached hydrogens (primary N) is 1. The van der Waals surface area contributed by atoms with Gasteiger partial charge in [-0.1, -0.05) is 0 Å². The summed E-state index contributed by atoms with van der Waals surface area (Å²) < 4.78 is 1.19. The van der Waals surface area contributed by atoms with Gasteiger partial charge in [0.1, 0.15) is 5.82 Å². The van der Waals surface area contributed by atoms with Crippen LogP contribution in [0.25, 0.3) is 5.69 Å². The molecule has 26 heavy (non-hydrogen) atoms. The number of anilines is 2. The van der Waals surface area contributed by atoms with E-state index in [-0.39, 0.29) is 22.9 Å². The number of benzene rings is 1. The minimum Gasteiger partial charge on any atom is -0.384 e. The van der Waals surface area contributed by atoms with Crippen molar-refractivity contribution in [2.75, 3.05) is 17.2 Å². The summed E-state index contributed by atoms with van der Waals surface area (Å²) in [6.07, 6.45) is 1.35. The second-order valence-corrected chi connectivity index (χ2v) is 6.39. The van der Waals surface area contributed by atoms with Crippen LogP contribution < -0.4 is 21.5 Å². The van der Waals surface area contributed by atoms with Crippen LogP contribution in [0.4, 0.5) is 11.5 Å². The molecule has 4 rings (SSSR count). The standard InChI is InChI=1S/C18H16N4O4/c1-9-7-10(4-5-12(9)21-6-2-3-13(21)23)22-14(24)8-11-15(16(22)19)18(26)20-17(11)25/h4-5,7-8H,2-3,6,19H2,1H3,(H,20,25,26). The summed E-state index contributed by atoms with van der Waals surface area (Å²) in [5, 5.41) is 2.14. The largest absolute Gasteiger partial charge is 0.384 e. The highest BCUT2D eigenvalue weighted by molar-refractivity contribution is 6.23. The smallest absolute Gasteiger partial charge is 0.262 e. The molecule has 1 aromatic carbocycles. The highest BCUT2D eigenvalue weighted by atomic mass is 16.2. The first-order valence-corrected chi connectivity index (χ1v) is 8.21. The molecular formula is C18H16N4O4. The van der Waals surface area contributed by atoms with Crippen molar-refractivity contribution in [1.82, 2.24) is 9.88 Å². The van der Waals surface area contributed by atoms with E-state index in [1.54, 1.807) is 23.1 Å². The molecule has 132 valence electrons. The molecule has 0 atom stereocenters. The predicted octanol–water partition coefficient (Wildman–Crippen LogP) is 0.739. The Balaban J connectivity index is 1.85. The molecule has 0 radical (unpaired) electrons. The van der Waals surface area contributed by atoms with Gasteiger partial charge in [-0.25, -0.2) is 0 Å². The van der Waals surface area contributed by atoms with Gasteiger partial charge in [-0.2, -0.15) is 0 Å². The van der Waals surface area contributed by atoms with Crippen molar-refractivity contribution in [1.29, 1.82) is 0 Å². The van der Waals surface area contributed by atoms with Crippen LogP contribution in [0, 0.1) is 6.92 Å². The average Bonchev–Trinajstić information content (AvgIpc) is 3.11. The summed E-state index contributed by atoms with van der Waals surface area (Å²) >= 11 is 0. The number of amides is 3. The molecule has 1 aromatic heterocycles. The Hall–Kier alpha value is -3.42. The Labute approximate surface area is 148 Å². The molecule has 0 unspecified atom stereocenters. The zero-order chi connectivity index (χ0) is 18.6. The summed E-state index contributed by atoms with van der Waals surface area (Å²) in [5.41, 5.74) is 7.60. The van der Waals surface area contributed by atoms with Crippen LogP contribution in [0.1, 0.15) is 39.1 Å². The molecule has 1 saturated heterocycles. The average molecular weight is 352 g/mol. The second kappa shape index (κ2) is 5.55. The maximum Gasteiger partial charge on any atom is 0.262 e. The fourth-order valence-electron chi connectivity index (χ4n) is 3.53. The summed E-state index contributed by atoms with van der Waals surface area (Å²) in [7, 11) is 0. The van der Waals surface area contributed by atoms with Crippen LogP contribution in [-0.4, -0.2) is 28.8 Å². The lowest BCUT2D eigenvalue weighted by molar-refractivity contribution is -0.117. The number of nitrogen functional groups attached to an aromatic ring is 1. The Bertz CT molecular complexity index is 1050. The Morgan fingerprint density at radius 2 is 1.85 bits per heavy atom. The molecule has 0 spiro atoms. The number of hydrogen-bond donors (Lipinski definition) is 2. The zero-order valence-electron chi connectivity index (χ0n) is 14.0. The Morgan fingerprint density at radius 1 is 1.08 bits per heavy atom. The van der Waals surface area contributed by atoms with Gasteiger partial charge < -0.3 is 10.6 Å². The second-order valence-electron chi connectivity index (χ2n) is 6.39. The number of aromatic nitrogens is 1. The first-order valence-electron chi connectivity index (χ1n) is 8.21. The van der Waals surface area contributed by atoms with Crippen molar-refractivity contribution >= 4 is 29.2 Å². The van der Waals surface area contributed by atoms with E-state index in [0.29, 0.717) is 18.7 Å². The summed E-state index contributed by atoms with van der Waals surface area (Å²) in [5.74, 6) is -1.25. The Kier molecular flexibility index (Phi) is 3.43. The molecule has 3 amide bonds. The van der Waals surface area contributed by atoms with Gasteiger partial charge in [0, 0.05) is 24.7 Å². The van der Waals surface area contributed by atoms with Crippen molar-refractivity contribution < 1.29 is 14.4 Å². The van der Waals surface area contributed by atoms with E-state index in [1.807, 2.05) is 6.92 Å². The van der Waals surface area contributed by atoms with Gasteiger partial charge in [-0.05, 0) is 37.1 Å². The number of pyridine rings is 1. The van der Waals surface area contributed by atoms with Crippen molar-refractivity contribution in [2.24, 2.45) is 0 Å². The number of imide groups is 1. The number of nitrogens with zero attached hydrogens (tertiary/aromatic N) is 2. The van der Waals surface area contributed by atoms with Crippen LogP contribution in [0.2, 0.25) is 0 Å². The lowest BCUT2D eigenvalue weighted by Gasteiger charge is -2.20. The molecule has 0 aliphatic carbocycles. The van der Waals surface area contributed by atoms with Gasteiger partial charge in [-0.3, -0.25) is 29.1 Å². The van der Waals surface area contributed by atoms with E-state index in [2.05, 4.69) is 5.32 Å². The van der Waals surface area contributed by atoms with Gasteiger partial charge in [-0.15, -0.1) is 0 Å². The van der Waals surface area contributed by atoms with E-state index in [1.165, 1.54) is 4.57 Å². The third kappa shape index (κ3) is 2.22. The first-order chi connectivity index (χ1) is 12.4. The highest BCUT2D eigenvalue weighted by Crippen LogP contribution is 2.28. The van der Waals surface area contributed by atoms with Gasteiger partial charge in [0.05, 0.1) is 16.8 Å². The molecule has 1 fully saturated rings. The van der Waals surface area contributed by atoms with Crippen molar-refractivity contribution in [3.8, 4) is 5.69 Å². The van der Waals surface area contributed by atoms with Crippen LogP contribution in [-0.2, 0) is 4.79 Å². The molecule has 0 saturated carbocycles. The molecule has 2 aromatic rings.